The van der Waals surface area contributed by atoms with Crippen LogP contribution in [0.15, 0.2) is 18.2 Å². The van der Waals surface area contributed by atoms with Gasteiger partial charge in [-0.3, -0.25) is 4.79 Å². The lowest BCUT2D eigenvalue weighted by Crippen LogP contribution is -2.41. The summed E-state index contributed by atoms with van der Waals surface area (Å²) in [5.74, 6) is -0.776. The second-order valence-corrected chi connectivity index (χ2v) is 5.96. The van der Waals surface area contributed by atoms with Crippen LogP contribution in [0, 0.1) is 5.82 Å². The summed E-state index contributed by atoms with van der Waals surface area (Å²) in [6.07, 6.45) is 4.11. The average molecular weight is 313 g/mol. The summed E-state index contributed by atoms with van der Waals surface area (Å²) in [5.41, 5.74) is 0.0663. The van der Waals surface area contributed by atoms with E-state index in [0.717, 1.165) is 32.2 Å². The van der Waals surface area contributed by atoms with Gasteiger partial charge in [-0.2, -0.15) is 0 Å². The normalized spacial score (nSPS) is 18.0. The predicted octanol–water partition coefficient (Wildman–Crippen LogP) is 3.47. The van der Waals surface area contributed by atoms with E-state index >= 15 is 0 Å². The Balaban J connectivity index is 2.13. The third-order valence-corrected chi connectivity index (χ3v) is 4.07. The van der Waals surface area contributed by atoms with Crippen molar-refractivity contribution in [2.75, 3.05) is 19.6 Å². The van der Waals surface area contributed by atoms with Gasteiger partial charge in [-0.15, -0.1) is 0 Å². The van der Waals surface area contributed by atoms with E-state index < -0.39 is 5.82 Å². The third-order valence-electron chi connectivity index (χ3n) is 3.83. The summed E-state index contributed by atoms with van der Waals surface area (Å²) in [7, 11) is 0. The van der Waals surface area contributed by atoms with Gasteiger partial charge >= 0.3 is 0 Å². The quantitative estimate of drug-likeness (QED) is 0.872. The Morgan fingerprint density at radius 3 is 3.00 bits per heavy atom. The molecule has 5 heteroatoms. The van der Waals surface area contributed by atoms with Gasteiger partial charge in [0.15, 0.2) is 0 Å². The molecule has 1 N–H and O–H groups in total. The maximum Gasteiger partial charge on any atom is 0.256 e. The van der Waals surface area contributed by atoms with Gasteiger partial charge in [0, 0.05) is 24.2 Å². The van der Waals surface area contributed by atoms with Crippen LogP contribution in [0.1, 0.15) is 43.0 Å². The number of carbonyl (C=O) groups is 1. The molecule has 2 rings (SSSR count). The van der Waals surface area contributed by atoms with Crippen molar-refractivity contribution in [1.82, 2.24) is 10.2 Å². The molecule has 0 saturated carbocycles. The molecule has 1 aliphatic heterocycles. The Labute approximate surface area is 130 Å². The topological polar surface area (TPSA) is 32.3 Å². The van der Waals surface area contributed by atoms with Crippen LogP contribution in [0.2, 0.25) is 5.02 Å². The molecule has 116 valence electrons. The van der Waals surface area contributed by atoms with Gasteiger partial charge in [0.25, 0.3) is 5.91 Å². The van der Waals surface area contributed by atoms with E-state index in [9.17, 15) is 9.18 Å². The molecular weight excluding hydrogens is 291 g/mol. The lowest BCUT2D eigenvalue weighted by Gasteiger charge is -2.26. The smallest absolute Gasteiger partial charge is 0.256 e. The fourth-order valence-corrected chi connectivity index (χ4v) is 2.81. The Kier molecular flexibility index (Phi) is 6.00. The van der Waals surface area contributed by atoms with Gasteiger partial charge in [0.05, 0.1) is 5.56 Å². The maximum absolute atomic E-state index is 13.9. The predicted molar refractivity (Wildman–Crippen MR) is 83.2 cm³/mol. The van der Waals surface area contributed by atoms with Crippen molar-refractivity contribution in [3.05, 3.63) is 34.6 Å². The minimum Gasteiger partial charge on any atom is -0.337 e. The Morgan fingerprint density at radius 2 is 2.33 bits per heavy atom. The summed E-state index contributed by atoms with van der Waals surface area (Å²) in [5, 5.41) is 3.77. The van der Waals surface area contributed by atoms with Crippen molar-refractivity contribution in [3.8, 4) is 0 Å². The summed E-state index contributed by atoms with van der Waals surface area (Å²) < 4.78 is 13.9. The minimum absolute atomic E-state index is 0.0663. The fraction of sp³-hybridized carbons (Fsp3) is 0.562. The molecule has 0 aliphatic carbocycles. The zero-order valence-corrected chi connectivity index (χ0v) is 13.1. The Bertz CT molecular complexity index is 489. The van der Waals surface area contributed by atoms with Gasteiger partial charge < -0.3 is 10.2 Å². The molecule has 0 aromatic heterocycles. The molecular formula is C16H22ClFN2O. The molecule has 1 atom stereocenters. The molecule has 1 amide bonds. The zero-order valence-electron chi connectivity index (χ0n) is 12.4. The highest BCUT2D eigenvalue weighted by Gasteiger charge is 2.24. The number of nitrogens with one attached hydrogen (secondary N) is 1. The summed E-state index contributed by atoms with van der Waals surface area (Å²) in [4.78, 5) is 14.4. The highest BCUT2D eigenvalue weighted by atomic mass is 35.5. The van der Waals surface area contributed by atoms with Crippen molar-refractivity contribution in [2.45, 2.75) is 38.6 Å². The molecule has 1 unspecified atom stereocenters. The number of unbranched alkanes of at least 4 members (excludes halogenated alkanes) is 1. The van der Waals surface area contributed by atoms with Crippen LogP contribution < -0.4 is 5.32 Å². The summed E-state index contributed by atoms with van der Waals surface area (Å²) >= 11 is 5.89. The average Bonchev–Trinajstić information content (AvgIpc) is 2.98. The number of nitrogens with zero attached hydrogens (tertiary/aromatic N) is 1. The van der Waals surface area contributed by atoms with Gasteiger partial charge in [0.1, 0.15) is 5.82 Å². The molecule has 1 aromatic carbocycles. The molecule has 1 aliphatic rings. The molecule has 1 fully saturated rings. The van der Waals surface area contributed by atoms with Crippen LogP contribution in [-0.4, -0.2) is 36.5 Å². The number of rotatable bonds is 6. The number of amides is 1. The monoisotopic (exact) mass is 312 g/mol. The number of halogens is 2. The van der Waals surface area contributed by atoms with Crippen LogP contribution in [0.3, 0.4) is 0 Å². The number of hydrogen-bond donors (Lipinski definition) is 1. The molecule has 3 nitrogen and oxygen atoms in total. The summed E-state index contributed by atoms with van der Waals surface area (Å²) in [6, 6.07) is 4.44. The first-order valence-electron chi connectivity index (χ1n) is 7.59. The standard InChI is InChI=1S/C16H22ClFN2O/c1-2-3-9-20(11-13-5-4-8-19-13)16(21)14-10-12(17)6-7-15(14)18/h6-7,10,13,19H,2-5,8-9,11H2,1H3. The van der Waals surface area contributed by atoms with Gasteiger partial charge in [-0.05, 0) is 44.0 Å². The van der Waals surface area contributed by atoms with E-state index in [4.69, 9.17) is 11.6 Å². The molecule has 0 radical (unpaired) electrons. The van der Waals surface area contributed by atoms with E-state index in [-0.39, 0.29) is 11.5 Å². The largest absolute Gasteiger partial charge is 0.337 e. The maximum atomic E-state index is 13.9. The van der Waals surface area contributed by atoms with E-state index in [1.807, 2.05) is 0 Å². The molecule has 1 saturated heterocycles. The van der Waals surface area contributed by atoms with E-state index in [1.165, 1.54) is 18.2 Å². The van der Waals surface area contributed by atoms with Crippen molar-refractivity contribution >= 4 is 17.5 Å². The van der Waals surface area contributed by atoms with Crippen LogP contribution in [0.4, 0.5) is 4.39 Å². The van der Waals surface area contributed by atoms with Crippen molar-refractivity contribution < 1.29 is 9.18 Å². The minimum atomic E-state index is -0.509. The van der Waals surface area contributed by atoms with E-state index in [2.05, 4.69) is 12.2 Å². The summed E-state index contributed by atoms with van der Waals surface area (Å²) in [6.45, 7) is 4.35. The van der Waals surface area contributed by atoms with Crippen molar-refractivity contribution in [1.29, 1.82) is 0 Å². The highest BCUT2D eigenvalue weighted by Crippen LogP contribution is 2.18. The van der Waals surface area contributed by atoms with Crippen LogP contribution in [0.25, 0.3) is 0 Å². The lowest BCUT2D eigenvalue weighted by atomic mass is 10.1. The van der Waals surface area contributed by atoms with Crippen molar-refractivity contribution in [3.63, 3.8) is 0 Å². The van der Waals surface area contributed by atoms with E-state index in [0.29, 0.717) is 24.2 Å². The molecule has 0 spiro atoms. The Hall–Kier alpha value is -1.13. The third kappa shape index (κ3) is 4.42. The second kappa shape index (κ2) is 7.76. The molecule has 21 heavy (non-hydrogen) atoms. The zero-order chi connectivity index (χ0) is 15.2. The number of hydrogen-bond acceptors (Lipinski definition) is 2. The van der Waals surface area contributed by atoms with Gasteiger partial charge in [0.2, 0.25) is 0 Å². The van der Waals surface area contributed by atoms with Gasteiger partial charge in [-0.25, -0.2) is 4.39 Å². The first-order chi connectivity index (χ1) is 10.1. The van der Waals surface area contributed by atoms with Crippen LogP contribution in [-0.2, 0) is 0 Å². The SMILES string of the molecule is CCCCN(CC1CCCN1)C(=O)c1cc(Cl)ccc1F. The van der Waals surface area contributed by atoms with Crippen molar-refractivity contribution in [2.24, 2.45) is 0 Å². The number of carbonyl (C=O) groups excluding carboxylic acids is 1. The Morgan fingerprint density at radius 1 is 1.52 bits per heavy atom. The first kappa shape index (κ1) is 16.2. The molecule has 1 aromatic rings. The fourth-order valence-electron chi connectivity index (χ4n) is 2.64. The van der Waals surface area contributed by atoms with Gasteiger partial charge in [-0.1, -0.05) is 24.9 Å². The highest BCUT2D eigenvalue weighted by molar-refractivity contribution is 6.31. The molecule has 1 heterocycles. The first-order valence-corrected chi connectivity index (χ1v) is 7.97. The van der Waals surface area contributed by atoms with E-state index in [1.54, 1.807) is 4.90 Å². The van der Waals surface area contributed by atoms with Crippen LogP contribution >= 0.6 is 11.6 Å². The number of benzene rings is 1. The van der Waals surface area contributed by atoms with Crippen LogP contribution in [0.5, 0.6) is 0 Å². The second-order valence-electron chi connectivity index (χ2n) is 5.52. The lowest BCUT2D eigenvalue weighted by molar-refractivity contribution is 0.0735. The molecule has 0 bridgehead atoms.